The van der Waals surface area contributed by atoms with Gasteiger partial charge >= 0.3 is 5.97 Å². The van der Waals surface area contributed by atoms with E-state index in [4.69, 9.17) is 0 Å². The fourth-order valence-electron chi connectivity index (χ4n) is 3.56. The summed E-state index contributed by atoms with van der Waals surface area (Å²) in [6.07, 6.45) is 5.09. The molecule has 0 saturated carbocycles. The van der Waals surface area contributed by atoms with Gasteiger partial charge in [0, 0.05) is 24.0 Å². The molecule has 1 atom stereocenters. The Hall–Kier alpha value is -2.74. The Morgan fingerprint density at radius 3 is 2.67 bits per heavy atom. The van der Waals surface area contributed by atoms with E-state index < -0.39 is 11.4 Å². The Morgan fingerprint density at radius 1 is 1.33 bits per heavy atom. The second kappa shape index (κ2) is 5.88. The van der Waals surface area contributed by atoms with Crippen molar-refractivity contribution in [1.82, 2.24) is 19.3 Å². The molecule has 0 bridgehead atoms. The van der Waals surface area contributed by atoms with Crippen molar-refractivity contribution in [2.24, 2.45) is 5.41 Å². The van der Waals surface area contributed by atoms with E-state index in [-0.39, 0.29) is 17.0 Å². The lowest BCUT2D eigenvalue weighted by molar-refractivity contribution is 0.0693. The van der Waals surface area contributed by atoms with E-state index in [1.165, 1.54) is 12.3 Å². The molecule has 1 aliphatic heterocycles. The van der Waals surface area contributed by atoms with Gasteiger partial charge < -0.3 is 9.67 Å². The molecule has 0 aliphatic carbocycles. The van der Waals surface area contributed by atoms with Crippen molar-refractivity contribution in [2.75, 3.05) is 0 Å². The number of hydrogen-bond donors (Lipinski definition) is 1. The van der Waals surface area contributed by atoms with Gasteiger partial charge in [0.05, 0.1) is 40.1 Å². The number of aromatic carboxylic acids is 1. The summed E-state index contributed by atoms with van der Waals surface area (Å²) in [4.78, 5) is 29.3. The minimum Gasteiger partial charge on any atom is -0.477 e. The van der Waals surface area contributed by atoms with Gasteiger partial charge in [0.2, 0.25) is 0 Å². The van der Waals surface area contributed by atoms with Crippen molar-refractivity contribution in [3.63, 3.8) is 0 Å². The summed E-state index contributed by atoms with van der Waals surface area (Å²) >= 11 is 1.57. The fourth-order valence-corrected chi connectivity index (χ4v) is 4.35. The van der Waals surface area contributed by atoms with Crippen LogP contribution in [0.4, 0.5) is 0 Å². The molecular formula is C19H20N4O3S. The standard InChI is InChI=1S/C19H20N4O3S/c1-10-20-7-15(27-10)11-6-21-23-9-16(19(2,3)4)22-8-12(18(25)26)14(24)5-13(22)17(11)23/h5-8,16H,9H2,1-4H3,(H,25,26)/t16-/m0/s1. The number of carboxylic acid groups (broad SMARTS) is 1. The van der Waals surface area contributed by atoms with Crippen molar-refractivity contribution in [2.45, 2.75) is 40.3 Å². The van der Waals surface area contributed by atoms with E-state index >= 15 is 0 Å². The molecule has 3 aromatic rings. The van der Waals surface area contributed by atoms with Crippen LogP contribution in [0.3, 0.4) is 0 Å². The highest BCUT2D eigenvalue weighted by Gasteiger charge is 2.35. The predicted molar refractivity (Wildman–Crippen MR) is 103 cm³/mol. The molecule has 1 aliphatic rings. The van der Waals surface area contributed by atoms with Gasteiger partial charge in [0.15, 0.2) is 5.43 Å². The minimum absolute atomic E-state index is 0.0327. The van der Waals surface area contributed by atoms with Crippen LogP contribution in [-0.2, 0) is 6.54 Å². The first-order chi connectivity index (χ1) is 12.7. The van der Waals surface area contributed by atoms with Gasteiger partial charge in [-0.3, -0.25) is 9.48 Å². The number of carboxylic acids is 1. The molecule has 1 N–H and O–H groups in total. The zero-order chi connectivity index (χ0) is 19.5. The Labute approximate surface area is 159 Å². The van der Waals surface area contributed by atoms with Gasteiger partial charge in [-0.2, -0.15) is 5.10 Å². The van der Waals surface area contributed by atoms with Crippen LogP contribution in [0.5, 0.6) is 0 Å². The maximum Gasteiger partial charge on any atom is 0.341 e. The van der Waals surface area contributed by atoms with Crippen molar-refractivity contribution < 1.29 is 9.90 Å². The number of aromatic nitrogens is 4. The lowest BCUT2D eigenvalue weighted by atomic mass is 9.84. The van der Waals surface area contributed by atoms with Crippen molar-refractivity contribution >= 4 is 17.3 Å². The normalized spacial score (nSPS) is 16.1. The topological polar surface area (TPSA) is 90.0 Å². The van der Waals surface area contributed by atoms with Gasteiger partial charge in [0.25, 0.3) is 0 Å². The molecule has 0 spiro atoms. The third-order valence-electron chi connectivity index (χ3n) is 4.96. The molecule has 8 heteroatoms. The summed E-state index contributed by atoms with van der Waals surface area (Å²) in [6, 6.07) is 1.39. The van der Waals surface area contributed by atoms with E-state index in [1.807, 2.05) is 22.4 Å². The number of fused-ring (bicyclic) bond motifs is 3. The highest BCUT2D eigenvalue weighted by atomic mass is 32.1. The maximum atomic E-state index is 12.4. The summed E-state index contributed by atoms with van der Waals surface area (Å²) in [5, 5.41) is 14.9. The van der Waals surface area contributed by atoms with Gasteiger partial charge in [-0.15, -0.1) is 11.3 Å². The summed E-state index contributed by atoms with van der Waals surface area (Å²) in [6.45, 7) is 8.84. The second-order valence-electron chi connectivity index (χ2n) is 7.86. The molecule has 0 amide bonds. The lowest BCUT2D eigenvalue weighted by Gasteiger charge is -2.38. The molecule has 0 saturated heterocycles. The molecule has 140 valence electrons. The van der Waals surface area contributed by atoms with E-state index in [9.17, 15) is 14.7 Å². The van der Waals surface area contributed by atoms with Gasteiger partial charge in [0.1, 0.15) is 5.56 Å². The summed E-state index contributed by atoms with van der Waals surface area (Å²) in [7, 11) is 0. The van der Waals surface area contributed by atoms with Gasteiger partial charge in [-0.05, 0) is 12.3 Å². The SMILES string of the molecule is Cc1ncc(-c2cnn3c2-c2cc(=O)c(C(=O)O)cn2[C@H](C(C)(C)C)C3)s1. The Bertz CT molecular complexity index is 1120. The highest BCUT2D eigenvalue weighted by molar-refractivity contribution is 7.15. The minimum atomic E-state index is -1.21. The Morgan fingerprint density at radius 2 is 2.07 bits per heavy atom. The predicted octanol–water partition coefficient (Wildman–Crippen LogP) is 3.44. The summed E-state index contributed by atoms with van der Waals surface area (Å²) in [5.41, 5.74) is 1.57. The molecule has 4 heterocycles. The summed E-state index contributed by atoms with van der Waals surface area (Å²) in [5.74, 6) is -1.21. The lowest BCUT2D eigenvalue weighted by Crippen LogP contribution is -2.35. The molecule has 0 unspecified atom stereocenters. The van der Waals surface area contributed by atoms with Crippen LogP contribution in [-0.4, -0.2) is 30.4 Å². The fraction of sp³-hybridized carbons (Fsp3) is 0.368. The van der Waals surface area contributed by atoms with Crippen LogP contribution >= 0.6 is 11.3 Å². The molecule has 0 aromatic carbocycles. The first-order valence-electron chi connectivity index (χ1n) is 8.65. The number of carbonyl (C=O) groups is 1. The van der Waals surface area contributed by atoms with Crippen LogP contribution in [0.15, 0.2) is 29.5 Å². The first-order valence-corrected chi connectivity index (χ1v) is 9.47. The van der Waals surface area contributed by atoms with Crippen molar-refractivity contribution in [3.8, 4) is 21.8 Å². The Balaban J connectivity index is 2.01. The second-order valence-corrected chi connectivity index (χ2v) is 9.10. The van der Waals surface area contributed by atoms with Crippen LogP contribution in [0.2, 0.25) is 0 Å². The molecule has 4 rings (SSSR count). The number of hydrogen-bond acceptors (Lipinski definition) is 5. The first kappa shape index (κ1) is 17.7. The zero-order valence-electron chi connectivity index (χ0n) is 15.6. The number of rotatable bonds is 2. The maximum absolute atomic E-state index is 12.4. The number of nitrogens with zero attached hydrogens (tertiary/aromatic N) is 4. The number of aryl methyl sites for hydroxylation is 1. The monoisotopic (exact) mass is 384 g/mol. The smallest absolute Gasteiger partial charge is 0.341 e. The number of pyridine rings is 1. The van der Waals surface area contributed by atoms with Crippen LogP contribution < -0.4 is 5.43 Å². The van der Waals surface area contributed by atoms with Crippen molar-refractivity contribution in [3.05, 3.63) is 45.5 Å². The third-order valence-corrected chi connectivity index (χ3v) is 5.91. The largest absolute Gasteiger partial charge is 0.477 e. The summed E-state index contributed by atoms with van der Waals surface area (Å²) < 4.78 is 3.84. The molecule has 3 aromatic heterocycles. The van der Waals surface area contributed by atoms with E-state index in [1.54, 1.807) is 17.5 Å². The molecular weight excluding hydrogens is 364 g/mol. The Kier molecular flexibility index (Phi) is 3.85. The van der Waals surface area contributed by atoms with Crippen molar-refractivity contribution in [1.29, 1.82) is 0 Å². The van der Waals surface area contributed by atoms with Crippen LogP contribution in [0.25, 0.3) is 21.8 Å². The number of thiazole rings is 1. The quantitative estimate of drug-likeness (QED) is 0.731. The van der Waals surface area contributed by atoms with E-state index in [0.717, 1.165) is 21.1 Å². The molecule has 27 heavy (non-hydrogen) atoms. The van der Waals surface area contributed by atoms with E-state index in [2.05, 4.69) is 30.9 Å². The van der Waals surface area contributed by atoms with E-state index in [0.29, 0.717) is 12.2 Å². The average molecular weight is 384 g/mol. The average Bonchev–Trinajstić information content (AvgIpc) is 3.18. The van der Waals surface area contributed by atoms with Gasteiger partial charge in [-0.1, -0.05) is 20.8 Å². The molecule has 0 fully saturated rings. The highest BCUT2D eigenvalue weighted by Crippen LogP contribution is 2.43. The molecule has 7 nitrogen and oxygen atoms in total. The molecule has 0 radical (unpaired) electrons. The van der Waals surface area contributed by atoms with Crippen LogP contribution in [0, 0.1) is 12.3 Å². The zero-order valence-corrected chi connectivity index (χ0v) is 16.4. The van der Waals surface area contributed by atoms with Crippen LogP contribution in [0.1, 0.15) is 42.2 Å². The third kappa shape index (κ3) is 2.80. The van der Waals surface area contributed by atoms with Gasteiger partial charge in [-0.25, -0.2) is 9.78 Å².